The summed E-state index contributed by atoms with van der Waals surface area (Å²) < 4.78 is 5.43. The lowest BCUT2D eigenvalue weighted by Crippen LogP contribution is -2.07. The Labute approximate surface area is 121 Å². The number of ether oxygens (including phenoxy) is 1. The molecule has 0 radical (unpaired) electrons. The second-order valence-corrected chi connectivity index (χ2v) is 4.59. The summed E-state index contributed by atoms with van der Waals surface area (Å²) in [6.45, 7) is 2.33. The molecule has 1 heterocycles. The summed E-state index contributed by atoms with van der Waals surface area (Å²) in [5.41, 5.74) is 0.597. The number of hydrogen-bond acceptors (Lipinski definition) is 3. The van der Waals surface area contributed by atoms with E-state index in [1.807, 2.05) is 6.92 Å². The van der Waals surface area contributed by atoms with E-state index in [1.165, 1.54) is 12.3 Å². The third kappa shape index (κ3) is 3.06. The minimum Gasteiger partial charge on any atom is -0.493 e. The molecule has 0 spiro atoms. The average Bonchev–Trinajstić information content (AvgIpc) is 2.39. The van der Waals surface area contributed by atoms with Crippen LogP contribution in [-0.2, 0) is 0 Å². The van der Waals surface area contributed by atoms with Gasteiger partial charge in [-0.2, -0.15) is 0 Å². The maximum absolute atomic E-state index is 12.4. The highest BCUT2D eigenvalue weighted by Gasteiger charge is 2.18. The number of aromatic nitrogens is 1. The van der Waals surface area contributed by atoms with Gasteiger partial charge in [-0.25, -0.2) is 4.98 Å². The summed E-state index contributed by atoms with van der Waals surface area (Å²) >= 11 is 11.8. The van der Waals surface area contributed by atoms with Gasteiger partial charge in [0.15, 0.2) is 0 Å². The molecule has 0 amide bonds. The van der Waals surface area contributed by atoms with Gasteiger partial charge in [0.2, 0.25) is 5.78 Å². The normalized spacial score (nSPS) is 10.3. The van der Waals surface area contributed by atoms with E-state index < -0.39 is 0 Å². The molecule has 0 aliphatic carbocycles. The van der Waals surface area contributed by atoms with Crippen LogP contribution in [0.4, 0.5) is 0 Å². The standard InChI is InChI=1S/C14H11Cl2NO2/c1-2-19-12-6-4-3-5-10(12)14(18)13-11(16)7-9(15)8-17-13/h3-8H,2H2,1H3. The van der Waals surface area contributed by atoms with E-state index in [4.69, 9.17) is 27.9 Å². The largest absolute Gasteiger partial charge is 0.493 e. The van der Waals surface area contributed by atoms with Crippen LogP contribution in [-0.4, -0.2) is 17.4 Å². The molecular formula is C14H11Cl2NO2. The van der Waals surface area contributed by atoms with Crippen LogP contribution in [0.15, 0.2) is 36.5 Å². The number of nitrogens with zero attached hydrogens (tertiary/aromatic N) is 1. The zero-order valence-electron chi connectivity index (χ0n) is 10.2. The van der Waals surface area contributed by atoms with Gasteiger partial charge in [-0.1, -0.05) is 35.3 Å². The molecule has 0 bridgehead atoms. The Bertz CT molecular complexity index is 614. The fraction of sp³-hybridized carbons (Fsp3) is 0.143. The van der Waals surface area contributed by atoms with E-state index in [0.29, 0.717) is 22.9 Å². The first kappa shape index (κ1) is 13.8. The molecule has 0 unspecified atom stereocenters. The molecule has 0 aliphatic heterocycles. The van der Waals surface area contributed by atoms with Crippen molar-refractivity contribution in [3.05, 3.63) is 57.8 Å². The van der Waals surface area contributed by atoms with Gasteiger partial charge in [0.25, 0.3) is 0 Å². The lowest BCUT2D eigenvalue weighted by Gasteiger charge is -2.09. The first-order valence-electron chi connectivity index (χ1n) is 5.71. The summed E-state index contributed by atoms with van der Waals surface area (Å²) in [6.07, 6.45) is 1.39. The summed E-state index contributed by atoms with van der Waals surface area (Å²) in [5, 5.41) is 0.614. The van der Waals surface area contributed by atoms with Crippen molar-refractivity contribution in [2.24, 2.45) is 0 Å². The summed E-state index contributed by atoms with van der Waals surface area (Å²) in [7, 11) is 0. The summed E-state index contributed by atoms with van der Waals surface area (Å²) in [6, 6.07) is 8.48. The minimum absolute atomic E-state index is 0.165. The Balaban J connectivity index is 2.44. The lowest BCUT2D eigenvalue weighted by atomic mass is 10.1. The first-order chi connectivity index (χ1) is 9.13. The van der Waals surface area contributed by atoms with Crippen LogP contribution >= 0.6 is 23.2 Å². The van der Waals surface area contributed by atoms with Crippen molar-refractivity contribution < 1.29 is 9.53 Å². The van der Waals surface area contributed by atoms with Crippen molar-refractivity contribution in [3.8, 4) is 5.75 Å². The molecule has 0 saturated heterocycles. The van der Waals surface area contributed by atoms with Crippen molar-refractivity contribution in [1.29, 1.82) is 0 Å². The quantitative estimate of drug-likeness (QED) is 0.800. The predicted molar refractivity (Wildman–Crippen MR) is 75.3 cm³/mol. The number of pyridine rings is 1. The molecular weight excluding hydrogens is 285 g/mol. The molecule has 1 aromatic carbocycles. The monoisotopic (exact) mass is 295 g/mol. The average molecular weight is 296 g/mol. The van der Waals surface area contributed by atoms with Gasteiger partial charge in [0.1, 0.15) is 11.4 Å². The van der Waals surface area contributed by atoms with Gasteiger partial charge in [0.05, 0.1) is 22.2 Å². The number of halogens is 2. The fourth-order valence-corrected chi connectivity index (χ4v) is 2.11. The van der Waals surface area contributed by atoms with Crippen LogP contribution in [0.3, 0.4) is 0 Å². The topological polar surface area (TPSA) is 39.2 Å². The lowest BCUT2D eigenvalue weighted by molar-refractivity contribution is 0.103. The highest BCUT2D eigenvalue weighted by Crippen LogP contribution is 2.25. The number of carbonyl (C=O) groups is 1. The highest BCUT2D eigenvalue weighted by atomic mass is 35.5. The molecule has 0 N–H and O–H groups in total. The Kier molecular flexibility index (Phi) is 4.40. The Morgan fingerprint density at radius 1 is 1.32 bits per heavy atom. The van der Waals surface area contributed by atoms with Crippen LogP contribution in [0.2, 0.25) is 10.0 Å². The van der Waals surface area contributed by atoms with Crippen molar-refractivity contribution in [2.45, 2.75) is 6.92 Å². The van der Waals surface area contributed by atoms with Crippen LogP contribution in [0, 0.1) is 0 Å². The number of hydrogen-bond donors (Lipinski definition) is 0. The van der Waals surface area contributed by atoms with Gasteiger partial charge in [-0.15, -0.1) is 0 Å². The molecule has 3 nitrogen and oxygen atoms in total. The van der Waals surface area contributed by atoms with Gasteiger partial charge in [-0.05, 0) is 25.1 Å². The number of carbonyl (C=O) groups excluding carboxylic acids is 1. The number of ketones is 1. The molecule has 0 saturated carbocycles. The van der Waals surface area contributed by atoms with Crippen LogP contribution in [0.25, 0.3) is 0 Å². The van der Waals surface area contributed by atoms with Crippen molar-refractivity contribution >= 4 is 29.0 Å². The Morgan fingerprint density at radius 3 is 2.74 bits per heavy atom. The SMILES string of the molecule is CCOc1ccccc1C(=O)c1ncc(Cl)cc1Cl. The number of rotatable bonds is 4. The molecule has 19 heavy (non-hydrogen) atoms. The second-order valence-electron chi connectivity index (χ2n) is 3.74. The second kappa shape index (κ2) is 6.04. The zero-order valence-corrected chi connectivity index (χ0v) is 11.7. The molecule has 0 fully saturated rings. The van der Waals surface area contributed by atoms with E-state index in [-0.39, 0.29) is 16.5 Å². The third-order valence-electron chi connectivity index (χ3n) is 2.45. The predicted octanol–water partition coefficient (Wildman–Crippen LogP) is 4.02. The molecule has 98 valence electrons. The fourth-order valence-electron chi connectivity index (χ4n) is 1.64. The smallest absolute Gasteiger partial charge is 0.216 e. The van der Waals surface area contributed by atoms with Crippen LogP contribution in [0.1, 0.15) is 23.0 Å². The Morgan fingerprint density at radius 2 is 2.05 bits per heavy atom. The van der Waals surface area contributed by atoms with E-state index >= 15 is 0 Å². The van der Waals surface area contributed by atoms with Crippen molar-refractivity contribution in [1.82, 2.24) is 4.98 Å². The van der Waals surface area contributed by atoms with Crippen molar-refractivity contribution in [2.75, 3.05) is 6.61 Å². The van der Waals surface area contributed by atoms with E-state index in [0.717, 1.165) is 0 Å². The highest BCUT2D eigenvalue weighted by molar-refractivity contribution is 6.37. The van der Waals surface area contributed by atoms with Gasteiger partial charge in [-0.3, -0.25) is 4.79 Å². The van der Waals surface area contributed by atoms with E-state index in [1.54, 1.807) is 24.3 Å². The molecule has 0 atom stereocenters. The van der Waals surface area contributed by atoms with Crippen molar-refractivity contribution in [3.63, 3.8) is 0 Å². The van der Waals surface area contributed by atoms with Gasteiger partial charge >= 0.3 is 0 Å². The number of benzene rings is 1. The molecule has 2 rings (SSSR count). The van der Waals surface area contributed by atoms with Crippen LogP contribution in [0.5, 0.6) is 5.75 Å². The molecule has 0 aliphatic rings. The third-order valence-corrected chi connectivity index (χ3v) is 2.95. The summed E-state index contributed by atoms with van der Waals surface area (Å²) in [5.74, 6) is 0.230. The maximum Gasteiger partial charge on any atom is 0.216 e. The van der Waals surface area contributed by atoms with Gasteiger partial charge < -0.3 is 4.74 Å². The summed E-state index contributed by atoms with van der Waals surface area (Å²) in [4.78, 5) is 16.4. The molecule has 5 heteroatoms. The van der Waals surface area contributed by atoms with Gasteiger partial charge in [0, 0.05) is 6.20 Å². The molecule has 1 aromatic heterocycles. The zero-order chi connectivity index (χ0) is 13.8. The number of para-hydroxylation sites is 1. The molecule has 2 aromatic rings. The minimum atomic E-state index is -0.286. The van der Waals surface area contributed by atoms with E-state index in [2.05, 4.69) is 4.98 Å². The van der Waals surface area contributed by atoms with Crippen LogP contribution < -0.4 is 4.74 Å². The first-order valence-corrected chi connectivity index (χ1v) is 6.46. The Hall–Kier alpha value is -1.58. The van der Waals surface area contributed by atoms with E-state index in [9.17, 15) is 4.79 Å². The maximum atomic E-state index is 12.4.